The van der Waals surface area contributed by atoms with Crippen molar-refractivity contribution in [2.75, 3.05) is 5.32 Å². The summed E-state index contributed by atoms with van der Waals surface area (Å²) in [5.41, 5.74) is 2.52. The molecule has 2 aromatic rings. The zero-order chi connectivity index (χ0) is 12.4. The van der Waals surface area contributed by atoms with E-state index in [1.165, 1.54) is 6.07 Å². The topological polar surface area (TPSA) is 24.9 Å². The van der Waals surface area contributed by atoms with Gasteiger partial charge in [0.25, 0.3) is 0 Å². The fourth-order valence-corrected chi connectivity index (χ4v) is 2.34. The Labute approximate surface area is 105 Å². The Morgan fingerprint density at radius 2 is 2.12 bits per heavy atom. The maximum atomic E-state index is 13.6. The number of aryl methyl sites for hydroxylation is 2. The first-order valence-corrected chi connectivity index (χ1v) is 6.39. The molecule has 1 aromatic heterocycles. The summed E-state index contributed by atoms with van der Waals surface area (Å²) < 4.78 is 13.6. The Kier molecular flexibility index (Phi) is 3.43. The van der Waals surface area contributed by atoms with E-state index in [0.717, 1.165) is 16.3 Å². The summed E-state index contributed by atoms with van der Waals surface area (Å²) in [4.78, 5) is 4.39. The molecule has 0 bridgehead atoms. The number of rotatable bonds is 3. The molecule has 1 atom stereocenters. The summed E-state index contributed by atoms with van der Waals surface area (Å²) in [5.74, 6) is -0.227. The van der Waals surface area contributed by atoms with Crippen LogP contribution in [0.25, 0.3) is 0 Å². The molecule has 0 radical (unpaired) electrons. The molecule has 0 spiro atoms. The van der Waals surface area contributed by atoms with Gasteiger partial charge in [-0.1, -0.05) is 6.07 Å². The molecule has 0 saturated carbocycles. The van der Waals surface area contributed by atoms with Gasteiger partial charge in [-0.25, -0.2) is 9.37 Å². The van der Waals surface area contributed by atoms with E-state index in [4.69, 9.17) is 0 Å². The van der Waals surface area contributed by atoms with E-state index in [2.05, 4.69) is 10.3 Å². The number of benzene rings is 1. The highest BCUT2D eigenvalue weighted by molar-refractivity contribution is 7.09. The molecule has 0 aliphatic heterocycles. The third kappa shape index (κ3) is 2.82. The van der Waals surface area contributed by atoms with Crippen LogP contribution in [-0.2, 0) is 0 Å². The van der Waals surface area contributed by atoms with Crippen LogP contribution in [0, 0.1) is 19.7 Å². The number of nitrogens with one attached hydrogen (secondary N) is 1. The molecular formula is C13H15FN2S. The summed E-state index contributed by atoms with van der Waals surface area (Å²) >= 11 is 1.61. The minimum absolute atomic E-state index is 0.0104. The first kappa shape index (κ1) is 12.0. The number of halogens is 1. The summed E-state index contributed by atoms with van der Waals surface area (Å²) in [6.07, 6.45) is 0. The summed E-state index contributed by atoms with van der Waals surface area (Å²) in [7, 11) is 0. The van der Waals surface area contributed by atoms with Crippen LogP contribution in [0.5, 0.6) is 0 Å². The standard InChI is InChI=1S/C13H15FN2S/c1-8-4-5-11(14)12(6-8)15-9(2)13-7-17-10(3)16-13/h4-7,9,15H,1-3H3. The van der Waals surface area contributed by atoms with Crippen LogP contribution in [0.4, 0.5) is 10.1 Å². The van der Waals surface area contributed by atoms with E-state index < -0.39 is 0 Å². The SMILES string of the molecule is Cc1ccc(F)c(NC(C)c2csc(C)n2)c1. The zero-order valence-corrected chi connectivity index (χ0v) is 10.9. The Bertz CT molecular complexity index is 522. The molecule has 2 rings (SSSR count). The highest BCUT2D eigenvalue weighted by Crippen LogP contribution is 2.23. The molecule has 1 heterocycles. The van der Waals surface area contributed by atoms with Gasteiger partial charge in [0.15, 0.2) is 0 Å². The van der Waals surface area contributed by atoms with Crippen LogP contribution in [0.3, 0.4) is 0 Å². The second kappa shape index (κ2) is 4.84. The molecule has 0 aliphatic rings. The van der Waals surface area contributed by atoms with Gasteiger partial charge in [-0.05, 0) is 38.5 Å². The zero-order valence-electron chi connectivity index (χ0n) is 10.1. The fraction of sp³-hybridized carbons (Fsp3) is 0.308. The average molecular weight is 250 g/mol. The van der Waals surface area contributed by atoms with Gasteiger partial charge in [0.1, 0.15) is 5.82 Å². The van der Waals surface area contributed by atoms with Crippen LogP contribution in [0.15, 0.2) is 23.6 Å². The molecule has 0 fully saturated rings. The van der Waals surface area contributed by atoms with E-state index in [1.54, 1.807) is 17.4 Å². The predicted molar refractivity (Wildman–Crippen MR) is 70.0 cm³/mol. The van der Waals surface area contributed by atoms with Crippen LogP contribution in [-0.4, -0.2) is 4.98 Å². The normalized spacial score (nSPS) is 12.5. The molecule has 90 valence electrons. The van der Waals surface area contributed by atoms with Crippen molar-refractivity contribution in [2.45, 2.75) is 26.8 Å². The van der Waals surface area contributed by atoms with Crippen LogP contribution in [0.2, 0.25) is 0 Å². The minimum atomic E-state index is -0.227. The van der Waals surface area contributed by atoms with E-state index in [1.807, 2.05) is 32.2 Å². The third-order valence-corrected chi connectivity index (χ3v) is 3.37. The van der Waals surface area contributed by atoms with Gasteiger partial charge in [0, 0.05) is 5.38 Å². The molecule has 0 amide bonds. The van der Waals surface area contributed by atoms with Gasteiger partial charge < -0.3 is 5.32 Å². The maximum Gasteiger partial charge on any atom is 0.146 e. The second-order valence-corrected chi connectivity index (χ2v) is 5.20. The average Bonchev–Trinajstić information content (AvgIpc) is 2.70. The minimum Gasteiger partial charge on any atom is -0.375 e. The lowest BCUT2D eigenvalue weighted by atomic mass is 10.2. The van der Waals surface area contributed by atoms with Crippen LogP contribution in [0.1, 0.15) is 29.2 Å². The van der Waals surface area contributed by atoms with Crippen molar-refractivity contribution in [3.8, 4) is 0 Å². The molecule has 2 nitrogen and oxygen atoms in total. The Morgan fingerprint density at radius 1 is 1.35 bits per heavy atom. The van der Waals surface area contributed by atoms with Crippen molar-refractivity contribution in [1.82, 2.24) is 4.98 Å². The second-order valence-electron chi connectivity index (χ2n) is 4.14. The number of nitrogens with zero attached hydrogens (tertiary/aromatic N) is 1. The highest BCUT2D eigenvalue weighted by atomic mass is 32.1. The molecule has 0 aliphatic carbocycles. The lowest BCUT2D eigenvalue weighted by Gasteiger charge is -2.14. The summed E-state index contributed by atoms with van der Waals surface area (Å²) in [5, 5.41) is 6.18. The molecule has 1 unspecified atom stereocenters. The van der Waals surface area contributed by atoms with Gasteiger partial charge in [0.2, 0.25) is 0 Å². The highest BCUT2D eigenvalue weighted by Gasteiger charge is 2.11. The number of anilines is 1. The summed E-state index contributed by atoms with van der Waals surface area (Å²) in [6.45, 7) is 5.90. The molecule has 1 N–H and O–H groups in total. The van der Waals surface area contributed by atoms with Gasteiger partial charge in [-0.15, -0.1) is 11.3 Å². The smallest absolute Gasteiger partial charge is 0.146 e. The van der Waals surface area contributed by atoms with Crippen molar-refractivity contribution in [3.63, 3.8) is 0 Å². The molecule has 17 heavy (non-hydrogen) atoms. The number of hydrogen-bond acceptors (Lipinski definition) is 3. The first-order valence-electron chi connectivity index (χ1n) is 5.51. The van der Waals surface area contributed by atoms with Crippen molar-refractivity contribution < 1.29 is 4.39 Å². The van der Waals surface area contributed by atoms with Crippen molar-refractivity contribution in [1.29, 1.82) is 0 Å². The molecule has 4 heteroatoms. The lowest BCUT2D eigenvalue weighted by molar-refractivity contribution is 0.626. The molecule has 0 saturated heterocycles. The monoisotopic (exact) mass is 250 g/mol. The van der Waals surface area contributed by atoms with Crippen LogP contribution < -0.4 is 5.32 Å². The van der Waals surface area contributed by atoms with Gasteiger partial charge in [0.05, 0.1) is 22.4 Å². The molecular weight excluding hydrogens is 235 g/mol. The fourth-order valence-electron chi connectivity index (χ4n) is 1.64. The number of aromatic nitrogens is 1. The van der Waals surface area contributed by atoms with Crippen molar-refractivity contribution in [3.05, 3.63) is 45.7 Å². The predicted octanol–water partition coefficient (Wildman–Crippen LogP) is 4.07. The van der Waals surface area contributed by atoms with Crippen molar-refractivity contribution >= 4 is 17.0 Å². The summed E-state index contributed by atoms with van der Waals surface area (Å²) in [6, 6.07) is 5.07. The van der Waals surface area contributed by atoms with E-state index in [0.29, 0.717) is 5.69 Å². The van der Waals surface area contributed by atoms with Gasteiger partial charge >= 0.3 is 0 Å². The lowest BCUT2D eigenvalue weighted by Crippen LogP contribution is -2.08. The quantitative estimate of drug-likeness (QED) is 0.888. The maximum absolute atomic E-state index is 13.6. The number of hydrogen-bond donors (Lipinski definition) is 1. The van der Waals surface area contributed by atoms with E-state index in [9.17, 15) is 4.39 Å². The van der Waals surface area contributed by atoms with E-state index >= 15 is 0 Å². The number of thiazole rings is 1. The Balaban J connectivity index is 2.18. The molecule has 1 aromatic carbocycles. The third-order valence-electron chi connectivity index (χ3n) is 2.57. The van der Waals surface area contributed by atoms with E-state index in [-0.39, 0.29) is 11.9 Å². The largest absolute Gasteiger partial charge is 0.375 e. The Hall–Kier alpha value is -1.42. The Morgan fingerprint density at radius 3 is 2.76 bits per heavy atom. The van der Waals surface area contributed by atoms with Gasteiger partial charge in [-0.3, -0.25) is 0 Å². The van der Waals surface area contributed by atoms with Crippen molar-refractivity contribution in [2.24, 2.45) is 0 Å². The first-order chi connectivity index (χ1) is 8.06. The van der Waals surface area contributed by atoms with Gasteiger partial charge in [-0.2, -0.15) is 0 Å². The van der Waals surface area contributed by atoms with Crippen LogP contribution >= 0.6 is 11.3 Å².